The van der Waals surface area contributed by atoms with Gasteiger partial charge in [0.1, 0.15) is 17.2 Å². The van der Waals surface area contributed by atoms with E-state index in [2.05, 4.69) is 15.0 Å². The predicted molar refractivity (Wildman–Crippen MR) is 99.1 cm³/mol. The number of fused-ring (bicyclic) bond motifs is 2. The molecule has 0 saturated carbocycles. The van der Waals surface area contributed by atoms with Gasteiger partial charge in [-0.3, -0.25) is 0 Å². The summed E-state index contributed by atoms with van der Waals surface area (Å²) in [7, 11) is 1.61. The van der Waals surface area contributed by atoms with Crippen molar-refractivity contribution in [3.05, 3.63) is 42.1 Å². The second-order valence-electron chi connectivity index (χ2n) is 6.42. The summed E-state index contributed by atoms with van der Waals surface area (Å²) in [6, 6.07) is 2.30. The topological polar surface area (TPSA) is 48.0 Å². The third-order valence-corrected chi connectivity index (χ3v) is 5.37. The van der Waals surface area contributed by atoms with Gasteiger partial charge in [-0.2, -0.15) is 26.3 Å². The van der Waals surface area contributed by atoms with Crippen molar-refractivity contribution in [2.24, 2.45) is 7.05 Å². The van der Waals surface area contributed by atoms with Crippen LogP contribution in [0.3, 0.4) is 0 Å². The van der Waals surface area contributed by atoms with Crippen molar-refractivity contribution in [2.75, 3.05) is 5.75 Å². The number of pyridine rings is 2. The van der Waals surface area contributed by atoms with Gasteiger partial charge in [-0.25, -0.2) is 15.0 Å². The lowest BCUT2D eigenvalue weighted by Gasteiger charge is -2.09. The fourth-order valence-corrected chi connectivity index (χ4v) is 3.89. The van der Waals surface area contributed by atoms with Gasteiger partial charge in [-0.1, -0.05) is 6.92 Å². The Morgan fingerprint density at radius 1 is 0.967 bits per heavy atom. The van der Waals surface area contributed by atoms with Crippen molar-refractivity contribution in [1.82, 2.24) is 23.9 Å². The first kappa shape index (κ1) is 20.5. The lowest BCUT2D eigenvalue weighted by atomic mass is 10.2. The Bertz CT molecular complexity index is 1250. The predicted octanol–water partition coefficient (Wildman–Crippen LogP) is 5.43. The summed E-state index contributed by atoms with van der Waals surface area (Å²) >= 11 is 1.38. The maximum absolute atomic E-state index is 13.0. The first-order valence-electron chi connectivity index (χ1n) is 8.62. The van der Waals surface area contributed by atoms with Crippen LogP contribution in [0.15, 0.2) is 35.6 Å². The van der Waals surface area contributed by atoms with Crippen molar-refractivity contribution in [1.29, 1.82) is 0 Å². The molecule has 5 nitrogen and oxygen atoms in total. The monoisotopic (exact) mass is 445 g/mol. The minimum absolute atomic E-state index is 0.0546. The van der Waals surface area contributed by atoms with Crippen molar-refractivity contribution >= 4 is 28.4 Å². The Kier molecular flexibility index (Phi) is 4.71. The van der Waals surface area contributed by atoms with Crippen LogP contribution in [0.1, 0.15) is 18.3 Å². The van der Waals surface area contributed by atoms with Crippen molar-refractivity contribution in [3.63, 3.8) is 0 Å². The number of imidazole rings is 2. The van der Waals surface area contributed by atoms with Gasteiger partial charge in [0.15, 0.2) is 5.69 Å². The SMILES string of the molecule is CCSc1cn2cc(C(F)(F)F)nc2cc1-c1nc2cc(C(F)(F)F)ncc2n1C. The van der Waals surface area contributed by atoms with E-state index in [4.69, 9.17) is 0 Å². The molecule has 30 heavy (non-hydrogen) atoms. The molecule has 0 aliphatic carbocycles. The second-order valence-corrected chi connectivity index (χ2v) is 7.73. The zero-order valence-electron chi connectivity index (χ0n) is 15.5. The number of aryl methyl sites for hydroxylation is 1. The van der Waals surface area contributed by atoms with E-state index in [9.17, 15) is 26.3 Å². The summed E-state index contributed by atoms with van der Waals surface area (Å²) < 4.78 is 80.9. The van der Waals surface area contributed by atoms with Crippen LogP contribution >= 0.6 is 11.8 Å². The molecule has 0 aliphatic heterocycles. The van der Waals surface area contributed by atoms with Crippen LogP contribution in [0.2, 0.25) is 0 Å². The molecule has 0 aliphatic rings. The van der Waals surface area contributed by atoms with E-state index in [-0.39, 0.29) is 11.2 Å². The standard InChI is InChI=1S/C18H13F6N5S/c1-3-30-12-7-29-8-14(18(22,23)24)27-15(29)4-9(12)16-26-10-5-13(17(19,20)21)25-6-11(10)28(16)2/h4-8H,3H2,1-2H3. The van der Waals surface area contributed by atoms with Crippen LogP contribution in [0, 0.1) is 0 Å². The van der Waals surface area contributed by atoms with Crippen molar-refractivity contribution in [3.8, 4) is 11.4 Å². The van der Waals surface area contributed by atoms with E-state index in [1.807, 2.05) is 6.92 Å². The number of aromatic nitrogens is 5. The molecule has 4 aromatic rings. The molecule has 0 aromatic carbocycles. The zero-order valence-corrected chi connectivity index (χ0v) is 16.3. The van der Waals surface area contributed by atoms with Crippen molar-refractivity contribution in [2.45, 2.75) is 24.2 Å². The molecule has 4 aromatic heterocycles. The maximum atomic E-state index is 13.0. The molecule has 158 valence electrons. The fourth-order valence-electron chi connectivity index (χ4n) is 3.08. The Labute approximate surface area is 169 Å². The maximum Gasteiger partial charge on any atom is 0.434 e. The summed E-state index contributed by atoms with van der Waals surface area (Å²) in [5.41, 5.74) is -1.12. The van der Waals surface area contributed by atoms with Gasteiger partial charge in [0.2, 0.25) is 0 Å². The third-order valence-electron chi connectivity index (χ3n) is 4.44. The number of alkyl halides is 6. The lowest BCUT2D eigenvalue weighted by molar-refractivity contribution is -0.141. The highest BCUT2D eigenvalue weighted by Gasteiger charge is 2.35. The van der Waals surface area contributed by atoms with Gasteiger partial charge in [0.25, 0.3) is 0 Å². The van der Waals surface area contributed by atoms with Crippen LogP contribution in [0.4, 0.5) is 26.3 Å². The molecular weight excluding hydrogens is 432 g/mol. The highest BCUT2D eigenvalue weighted by atomic mass is 32.2. The van der Waals surface area contributed by atoms with Gasteiger partial charge in [-0.15, -0.1) is 11.8 Å². The van der Waals surface area contributed by atoms with Gasteiger partial charge in [0, 0.05) is 29.9 Å². The van der Waals surface area contributed by atoms with Crippen LogP contribution < -0.4 is 0 Å². The Hall–Kier alpha value is -2.76. The van der Waals surface area contributed by atoms with E-state index >= 15 is 0 Å². The summed E-state index contributed by atoms with van der Waals surface area (Å²) in [5.74, 6) is 0.935. The van der Waals surface area contributed by atoms with Gasteiger partial charge < -0.3 is 8.97 Å². The largest absolute Gasteiger partial charge is 0.434 e. The zero-order chi connectivity index (χ0) is 21.8. The number of thioether (sulfide) groups is 1. The van der Waals surface area contributed by atoms with Crippen LogP contribution in [0.5, 0.6) is 0 Å². The number of rotatable bonds is 3. The average molecular weight is 445 g/mol. The van der Waals surface area contributed by atoms with Crippen LogP contribution in [0.25, 0.3) is 28.1 Å². The molecule has 0 spiro atoms. The number of halogens is 6. The van der Waals surface area contributed by atoms with E-state index in [0.29, 0.717) is 27.6 Å². The number of nitrogens with zero attached hydrogens (tertiary/aromatic N) is 5. The Morgan fingerprint density at radius 3 is 2.30 bits per heavy atom. The fraction of sp³-hybridized carbons (Fsp3) is 0.278. The summed E-state index contributed by atoms with van der Waals surface area (Å²) in [4.78, 5) is 12.0. The molecule has 4 heterocycles. The average Bonchev–Trinajstić information content (AvgIpc) is 3.21. The Morgan fingerprint density at radius 2 is 1.67 bits per heavy atom. The summed E-state index contributed by atoms with van der Waals surface area (Å²) in [5, 5.41) is 0. The minimum Gasteiger partial charge on any atom is -0.326 e. The number of hydrogen-bond acceptors (Lipinski definition) is 4. The van der Waals surface area contributed by atoms with Gasteiger partial charge in [-0.05, 0) is 17.9 Å². The van der Waals surface area contributed by atoms with Gasteiger partial charge >= 0.3 is 12.4 Å². The normalized spacial score (nSPS) is 12.9. The highest BCUT2D eigenvalue weighted by Crippen LogP contribution is 2.36. The van der Waals surface area contributed by atoms with E-state index in [0.717, 1.165) is 18.5 Å². The number of hydrogen-bond donors (Lipinski definition) is 0. The lowest BCUT2D eigenvalue weighted by Crippen LogP contribution is -2.07. The molecule has 0 radical (unpaired) electrons. The molecule has 0 fully saturated rings. The molecular formula is C18H13F6N5S. The van der Waals surface area contributed by atoms with E-state index in [1.54, 1.807) is 11.6 Å². The first-order chi connectivity index (χ1) is 14.0. The van der Waals surface area contributed by atoms with E-state index in [1.165, 1.54) is 28.4 Å². The molecule has 12 heteroatoms. The molecule has 0 amide bonds. The molecule has 4 rings (SSSR count). The highest BCUT2D eigenvalue weighted by molar-refractivity contribution is 7.99. The second kappa shape index (κ2) is 6.89. The summed E-state index contributed by atoms with van der Waals surface area (Å²) in [6.07, 6.45) is -5.72. The molecule has 0 bridgehead atoms. The van der Waals surface area contributed by atoms with Gasteiger partial charge in [0.05, 0.1) is 17.2 Å². The summed E-state index contributed by atoms with van der Waals surface area (Å²) in [6.45, 7) is 1.88. The quantitative estimate of drug-likeness (QED) is 0.312. The van der Waals surface area contributed by atoms with E-state index < -0.39 is 23.7 Å². The molecule has 0 atom stereocenters. The molecule has 0 saturated heterocycles. The van der Waals surface area contributed by atoms with Crippen molar-refractivity contribution < 1.29 is 26.3 Å². The van der Waals surface area contributed by atoms with Crippen LogP contribution in [-0.2, 0) is 19.4 Å². The van der Waals surface area contributed by atoms with Crippen LogP contribution in [-0.4, -0.2) is 29.7 Å². The molecule has 0 unspecified atom stereocenters. The smallest absolute Gasteiger partial charge is 0.326 e. The minimum atomic E-state index is -4.61. The third kappa shape index (κ3) is 3.48. The first-order valence-corrected chi connectivity index (χ1v) is 9.60. The molecule has 0 N–H and O–H groups in total. The Balaban J connectivity index is 1.93.